The number of morpholine rings is 1. The van der Waals surface area contributed by atoms with Crippen LogP contribution >= 0.6 is 0 Å². The van der Waals surface area contributed by atoms with Crippen LogP contribution in [0.25, 0.3) is 0 Å². The zero-order chi connectivity index (χ0) is 15.3. The van der Waals surface area contributed by atoms with Gasteiger partial charge in [-0.05, 0) is 25.5 Å². The van der Waals surface area contributed by atoms with Gasteiger partial charge < -0.3 is 20.7 Å². The number of nitrogens with one attached hydrogen (secondary N) is 1. The van der Waals surface area contributed by atoms with Gasteiger partial charge in [-0.1, -0.05) is 25.5 Å². The Bertz CT molecular complexity index is 482. The molecule has 1 fully saturated rings. The summed E-state index contributed by atoms with van der Waals surface area (Å²) in [6, 6.07) is 7.85. The van der Waals surface area contributed by atoms with Crippen LogP contribution in [0.3, 0.4) is 0 Å². The predicted octanol–water partition coefficient (Wildman–Crippen LogP) is 1.98. The molecule has 1 aliphatic heterocycles. The molecule has 2 rings (SSSR count). The molecule has 0 bridgehead atoms. The number of hydrogen-bond donors (Lipinski definition) is 2. The molecule has 0 aliphatic carbocycles. The Balaban J connectivity index is 2.14. The molecule has 1 amide bonds. The monoisotopic (exact) mass is 291 g/mol. The smallest absolute Gasteiger partial charge is 0.244 e. The minimum Gasteiger partial charge on any atom is -0.378 e. The van der Waals surface area contributed by atoms with Crippen molar-refractivity contribution in [3.8, 4) is 0 Å². The number of nitrogens with two attached hydrogens (primary N) is 1. The first-order chi connectivity index (χ1) is 10.0. The second kappa shape index (κ2) is 6.91. The molecule has 5 nitrogen and oxygen atoms in total. The van der Waals surface area contributed by atoms with Crippen molar-refractivity contribution in [1.82, 2.24) is 0 Å². The standard InChI is InChI=1S/C16H25N3O2/c1-3-8-16(2,17)15(20)18-13-6-4-5-7-14(13)19-9-11-21-12-10-19/h4-7H,3,8-12,17H2,1-2H3,(H,18,20). The van der Waals surface area contributed by atoms with Gasteiger partial charge in [-0.3, -0.25) is 4.79 Å². The number of nitrogens with zero attached hydrogens (tertiary/aromatic N) is 1. The summed E-state index contributed by atoms with van der Waals surface area (Å²) in [4.78, 5) is 14.6. The lowest BCUT2D eigenvalue weighted by Crippen LogP contribution is -2.48. The fourth-order valence-electron chi connectivity index (χ4n) is 2.56. The van der Waals surface area contributed by atoms with Gasteiger partial charge in [-0.25, -0.2) is 0 Å². The molecule has 5 heteroatoms. The molecular formula is C16H25N3O2. The van der Waals surface area contributed by atoms with E-state index in [2.05, 4.69) is 10.2 Å². The van der Waals surface area contributed by atoms with Gasteiger partial charge in [0.05, 0.1) is 30.1 Å². The van der Waals surface area contributed by atoms with Gasteiger partial charge in [-0.15, -0.1) is 0 Å². The van der Waals surface area contributed by atoms with Gasteiger partial charge in [0.2, 0.25) is 5.91 Å². The van der Waals surface area contributed by atoms with Gasteiger partial charge >= 0.3 is 0 Å². The summed E-state index contributed by atoms with van der Waals surface area (Å²) >= 11 is 0. The van der Waals surface area contributed by atoms with Gasteiger partial charge in [0.15, 0.2) is 0 Å². The largest absolute Gasteiger partial charge is 0.378 e. The van der Waals surface area contributed by atoms with Crippen LogP contribution in [0.15, 0.2) is 24.3 Å². The lowest BCUT2D eigenvalue weighted by Gasteiger charge is -2.31. The summed E-state index contributed by atoms with van der Waals surface area (Å²) in [6.07, 6.45) is 1.55. The van der Waals surface area contributed by atoms with Crippen molar-refractivity contribution in [2.45, 2.75) is 32.2 Å². The Kier molecular flexibility index (Phi) is 5.20. The summed E-state index contributed by atoms with van der Waals surface area (Å²) in [6.45, 7) is 6.91. The van der Waals surface area contributed by atoms with Crippen molar-refractivity contribution in [2.24, 2.45) is 5.73 Å². The molecule has 1 heterocycles. The van der Waals surface area contributed by atoms with Crippen LogP contribution in [0, 0.1) is 0 Å². The first kappa shape index (κ1) is 15.8. The lowest BCUT2D eigenvalue weighted by atomic mass is 9.96. The van der Waals surface area contributed by atoms with Crippen molar-refractivity contribution < 1.29 is 9.53 Å². The van der Waals surface area contributed by atoms with E-state index in [1.807, 2.05) is 31.2 Å². The molecule has 1 atom stereocenters. The molecule has 3 N–H and O–H groups in total. The van der Waals surface area contributed by atoms with E-state index >= 15 is 0 Å². The number of anilines is 2. The van der Waals surface area contributed by atoms with E-state index < -0.39 is 5.54 Å². The number of benzene rings is 1. The topological polar surface area (TPSA) is 67.6 Å². The molecule has 21 heavy (non-hydrogen) atoms. The highest BCUT2D eigenvalue weighted by atomic mass is 16.5. The first-order valence-electron chi connectivity index (χ1n) is 7.56. The van der Waals surface area contributed by atoms with Crippen LogP contribution in [0.1, 0.15) is 26.7 Å². The third kappa shape index (κ3) is 3.95. The van der Waals surface area contributed by atoms with Gasteiger partial charge in [0.25, 0.3) is 0 Å². The minimum atomic E-state index is -0.840. The van der Waals surface area contributed by atoms with Crippen LogP contribution in [0.2, 0.25) is 0 Å². The van der Waals surface area contributed by atoms with Crippen LogP contribution in [-0.4, -0.2) is 37.7 Å². The summed E-state index contributed by atoms with van der Waals surface area (Å²) in [5, 5.41) is 2.99. The molecule has 116 valence electrons. The summed E-state index contributed by atoms with van der Waals surface area (Å²) in [7, 11) is 0. The third-order valence-corrected chi connectivity index (χ3v) is 3.79. The third-order valence-electron chi connectivity index (χ3n) is 3.79. The Morgan fingerprint density at radius 1 is 1.38 bits per heavy atom. The SMILES string of the molecule is CCCC(C)(N)C(=O)Nc1ccccc1N1CCOCC1. The van der Waals surface area contributed by atoms with Gasteiger partial charge in [0.1, 0.15) is 0 Å². The average Bonchev–Trinajstić information content (AvgIpc) is 2.48. The number of amides is 1. The zero-order valence-electron chi connectivity index (χ0n) is 12.9. The molecule has 0 aromatic heterocycles. The predicted molar refractivity (Wildman–Crippen MR) is 85.6 cm³/mol. The molecule has 0 spiro atoms. The summed E-state index contributed by atoms with van der Waals surface area (Å²) in [5.41, 5.74) is 7.11. The molecule has 0 saturated carbocycles. The summed E-state index contributed by atoms with van der Waals surface area (Å²) in [5.74, 6) is -0.134. The quantitative estimate of drug-likeness (QED) is 0.870. The maximum absolute atomic E-state index is 12.4. The Hall–Kier alpha value is -1.59. The van der Waals surface area contributed by atoms with Crippen molar-refractivity contribution >= 4 is 17.3 Å². The maximum atomic E-state index is 12.4. The van der Waals surface area contributed by atoms with Gasteiger partial charge in [0, 0.05) is 13.1 Å². The summed E-state index contributed by atoms with van der Waals surface area (Å²) < 4.78 is 5.38. The Labute approximate surface area is 126 Å². The average molecular weight is 291 g/mol. The molecule has 1 aliphatic rings. The molecular weight excluding hydrogens is 266 g/mol. The van der Waals surface area contributed by atoms with E-state index in [1.54, 1.807) is 6.92 Å². The van der Waals surface area contributed by atoms with Crippen molar-refractivity contribution in [2.75, 3.05) is 36.5 Å². The molecule has 0 radical (unpaired) electrons. The van der Waals surface area contributed by atoms with Crippen LogP contribution < -0.4 is 16.0 Å². The molecule has 1 unspecified atom stereocenters. The van der Waals surface area contributed by atoms with E-state index in [4.69, 9.17) is 10.5 Å². The highest BCUT2D eigenvalue weighted by Gasteiger charge is 2.28. The van der Waals surface area contributed by atoms with E-state index in [0.29, 0.717) is 19.6 Å². The fourth-order valence-corrected chi connectivity index (χ4v) is 2.56. The fraction of sp³-hybridized carbons (Fsp3) is 0.562. The molecule has 1 aromatic rings. The number of para-hydroxylation sites is 2. The second-order valence-electron chi connectivity index (χ2n) is 5.74. The lowest BCUT2D eigenvalue weighted by molar-refractivity contribution is -0.120. The van der Waals surface area contributed by atoms with Crippen molar-refractivity contribution in [3.05, 3.63) is 24.3 Å². The van der Waals surface area contributed by atoms with Crippen LogP contribution in [0.5, 0.6) is 0 Å². The first-order valence-corrected chi connectivity index (χ1v) is 7.56. The van der Waals surface area contributed by atoms with Crippen molar-refractivity contribution in [3.63, 3.8) is 0 Å². The number of hydrogen-bond acceptors (Lipinski definition) is 4. The Morgan fingerprint density at radius 3 is 2.71 bits per heavy atom. The van der Waals surface area contributed by atoms with Crippen molar-refractivity contribution in [1.29, 1.82) is 0 Å². The normalized spacial score (nSPS) is 18.1. The second-order valence-corrected chi connectivity index (χ2v) is 5.74. The highest BCUT2D eigenvalue weighted by molar-refractivity contribution is 6.00. The molecule has 1 saturated heterocycles. The Morgan fingerprint density at radius 2 is 2.05 bits per heavy atom. The zero-order valence-corrected chi connectivity index (χ0v) is 12.9. The highest BCUT2D eigenvalue weighted by Crippen LogP contribution is 2.27. The van der Waals surface area contributed by atoms with E-state index in [1.165, 1.54) is 0 Å². The van der Waals surface area contributed by atoms with Gasteiger partial charge in [-0.2, -0.15) is 0 Å². The van der Waals surface area contributed by atoms with E-state index in [9.17, 15) is 4.79 Å². The van der Waals surface area contributed by atoms with E-state index in [0.717, 1.165) is 30.9 Å². The maximum Gasteiger partial charge on any atom is 0.244 e. The van der Waals surface area contributed by atoms with Crippen LogP contribution in [-0.2, 0) is 9.53 Å². The van der Waals surface area contributed by atoms with E-state index in [-0.39, 0.29) is 5.91 Å². The number of rotatable bonds is 5. The molecule has 1 aromatic carbocycles. The number of carbonyl (C=O) groups excluding carboxylic acids is 1. The van der Waals surface area contributed by atoms with Crippen LogP contribution in [0.4, 0.5) is 11.4 Å². The minimum absolute atomic E-state index is 0.134. The number of carbonyl (C=O) groups is 1. The number of ether oxygens (including phenoxy) is 1.